The summed E-state index contributed by atoms with van der Waals surface area (Å²) in [6, 6.07) is 4.22. The molecule has 6 heteroatoms. The third-order valence-electron chi connectivity index (χ3n) is 2.68. The molecule has 0 aliphatic rings. The van der Waals surface area contributed by atoms with Crippen molar-refractivity contribution in [2.24, 2.45) is 0 Å². The molecule has 1 aromatic carbocycles. The molecule has 1 atom stereocenters. The van der Waals surface area contributed by atoms with E-state index in [1.54, 1.807) is 19.2 Å². The molecule has 0 heterocycles. The minimum absolute atomic E-state index is 0.0248. The van der Waals surface area contributed by atoms with E-state index in [2.05, 4.69) is 21.2 Å². The zero-order valence-corrected chi connectivity index (χ0v) is 11.4. The third-order valence-corrected chi connectivity index (χ3v) is 3.57. The topological polar surface area (TPSA) is 12.0 Å². The van der Waals surface area contributed by atoms with Gasteiger partial charge >= 0.3 is 6.18 Å². The van der Waals surface area contributed by atoms with Gasteiger partial charge in [-0.25, -0.2) is 4.39 Å². The van der Waals surface area contributed by atoms with E-state index in [1.807, 2.05) is 0 Å². The van der Waals surface area contributed by atoms with Gasteiger partial charge in [-0.2, -0.15) is 13.2 Å². The molecular weight excluding hydrogens is 314 g/mol. The van der Waals surface area contributed by atoms with Gasteiger partial charge in [-0.1, -0.05) is 12.1 Å². The summed E-state index contributed by atoms with van der Waals surface area (Å²) in [7, 11) is 1.61. The number of nitrogens with one attached hydrogen (secondary N) is 1. The Labute approximate surface area is 112 Å². The van der Waals surface area contributed by atoms with Crippen LogP contribution in [-0.2, 0) is 6.42 Å². The normalized spacial score (nSPS) is 13.7. The second kappa shape index (κ2) is 6.52. The van der Waals surface area contributed by atoms with Crippen LogP contribution in [0.3, 0.4) is 0 Å². The van der Waals surface area contributed by atoms with Crippen molar-refractivity contribution < 1.29 is 17.6 Å². The molecule has 1 aromatic rings. The Morgan fingerprint density at radius 1 is 1.33 bits per heavy atom. The minimum Gasteiger partial charge on any atom is -0.317 e. The average molecular weight is 328 g/mol. The Hall–Kier alpha value is -0.620. The standard InChI is InChI=1S/C12H14BrF4N/c1-18-9(5-6-12(15,16)17)7-8-3-2-4-10(14)11(8)13/h2-4,9,18H,5-7H2,1H3. The van der Waals surface area contributed by atoms with Crippen LogP contribution in [0.25, 0.3) is 0 Å². The van der Waals surface area contributed by atoms with E-state index in [9.17, 15) is 17.6 Å². The molecule has 102 valence electrons. The minimum atomic E-state index is -4.16. The smallest absolute Gasteiger partial charge is 0.317 e. The maximum atomic E-state index is 13.3. The van der Waals surface area contributed by atoms with E-state index in [1.165, 1.54) is 6.07 Å². The van der Waals surface area contributed by atoms with Gasteiger partial charge < -0.3 is 5.32 Å². The van der Waals surface area contributed by atoms with Gasteiger partial charge in [0, 0.05) is 12.5 Å². The molecule has 0 aliphatic carbocycles. The van der Waals surface area contributed by atoms with Gasteiger partial charge in [0.2, 0.25) is 0 Å². The molecule has 1 N–H and O–H groups in total. The van der Waals surface area contributed by atoms with Crippen LogP contribution in [-0.4, -0.2) is 19.3 Å². The number of likely N-dealkylation sites (N-methyl/N-ethyl adjacent to an activating group) is 1. The zero-order valence-electron chi connectivity index (χ0n) is 9.82. The molecular formula is C12H14BrF4N. The van der Waals surface area contributed by atoms with Gasteiger partial charge in [0.25, 0.3) is 0 Å². The van der Waals surface area contributed by atoms with E-state index in [-0.39, 0.29) is 12.5 Å². The van der Waals surface area contributed by atoms with E-state index < -0.39 is 18.4 Å². The van der Waals surface area contributed by atoms with Crippen molar-refractivity contribution >= 4 is 15.9 Å². The van der Waals surface area contributed by atoms with E-state index in [0.29, 0.717) is 16.5 Å². The van der Waals surface area contributed by atoms with Crippen LogP contribution in [0.15, 0.2) is 22.7 Å². The highest BCUT2D eigenvalue weighted by atomic mass is 79.9. The van der Waals surface area contributed by atoms with Crippen molar-refractivity contribution in [2.75, 3.05) is 7.05 Å². The van der Waals surface area contributed by atoms with E-state index in [4.69, 9.17) is 0 Å². The van der Waals surface area contributed by atoms with Crippen molar-refractivity contribution in [3.8, 4) is 0 Å². The van der Waals surface area contributed by atoms with Gasteiger partial charge in [0.05, 0.1) is 4.47 Å². The summed E-state index contributed by atoms with van der Waals surface area (Å²) in [5.41, 5.74) is 0.663. The second-order valence-corrected chi connectivity index (χ2v) is 4.85. The summed E-state index contributed by atoms with van der Waals surface area (Å²) >= 11 is 3.10. The molecule has 0 radical (unpaired) electrons. The highest BCUT2D eigenvalue weighted by Crippen LogP contribution is 2.25. The Morgan fingerprint density at radius 2 is 2.00 bits per heavy atom. The summed E-state index contributed by atoms with van der Waals surface area (Å²) < 4.78 is 50.0. The lowest BCUT2D eigenvalue weighted by Gasteiger charge is -2.18. The summed E-state index contributed by atoms with van der Waals surface area (Å²) in [5, 5.41) is 2.83. The SMILES string of the molecule is CNC(CCC(F)(F)F)Cc1cccc(F)c1Br. The maximum absolute atomic E-state index is 13.3. The molecule has 0 saturated carbocycles. The molecule has 1 nitrogen and oxygen atoms in total. The number of halogens is 5. The fourth-order valence-corrected chi connectivity index (χ4v) is 2.08. The summed E-state index contributed by atoms with van der Waals surface area (Å²) in [4.78, 5) is 0. The monoisotopic (exact) mass is 327 g/mol. The average Bonchev–Trinajstić information content (AvgIpc) is 2.28. The van der Waals surface area contributed by atoms with Gasteiger partial charge in [-0.3, -0.25) is 0 Å². The summed E-state index contributed by atoms with van der Waals surface area (Å²) in [6.07, 6.45) is -4.67. The number of benzene rings is 1. The fourth-order valence-electron chi connectivity index (χ4n) is 1.66. The van der Waals surface area contributed by atoms with Crippen LogP contribution >= 0.6 is 15.9 Å². The Bertz CT molecular complexity index is 392. The molecule has 0 spiro atoms. The number of hydrogen-bond donors (Lipinski definition) is 1. The van der Waals surface area contributed by atoms with Crippen LogP contribution < -0.4 is 5.32 Å². The molecule has 0 aromatic heterocycles. The number of rotatable bonds is 5. The molecule has 0 amide bonds. The third kappa shape index (κ3) is 4.94. The van der Waals surface area contributed by atoms with Crippen LogP contribution in [0.4, 0.5) is 17.6 Å². The van der Waals surface area contributed by atoms with Crippen LogP contribution in [0.5, 0.6) is 0 Å². The summed E-state index contributed by atoms with van der Waals surface area (Å²) in [6.45, 7) is 0. The number of alkyl halides is 3. The predicted octanol–water partition coefficient (Wildman–Crippen LogP) is 4.06. The van der Waals surface area contributed by atoms with Crippen molar-refractivity contribution in [1.82, 2.24) is 5.32 Å². The highest BCUT2D eigenvalue weighted by Gasteiger charge is 2.28. The fraction of sp³-hybridized carbons (Fsp3) is 0.500. The molecule has 18 heavy (non-hydrogen) atoms. The Kier molecular flexibility index (Phi) is 5.59. The van der Waals surface area contributed by atoms with Crippen molar-refractivity contribution in [3.63, 3.8) is 0 Å². The lowest BCUT2D eigenvalue weighted by molar-refractivity contribution is -0.136. The quantitative estimate of drug-likeness (QED) is 0.804. The van der Waals surface area contributed by atoms with Gasteiger partial charge in [-0.05, 0) is 47.4 Å². The zero-order chi connectivity index (χ0) is 13.8. The first-order valence-electron chi connectivity index (χ1n) is 5.50. The Morgan fingerprint density at radius 3 is 2.56 bits per heavy atom. The largest absolute Gasteiger partial charge is 0.389 e. The van der Waals surface area contributed by atoms with Crippen LogP contribution in [0, 0.1) is 5.82 Å². The van der Waals surface area contributed by atoms with E-state index in [0.717, 1.165) is 0 Å². The maximum Gasteiger partial charge on any atom is 0.389 e. The molecule has 1 rings (SSSR count). The van der Waals surface area contributed by atoms with Gasteiger partial charge in [0.15, 0.2) is 0 Å². The summed E-state index contributed by atoms with van der Waals surface area (Å²) in [5.74, 6) is -0.404. The van der Waals surface area contributed by atoms with Gasteiger partial charge in [0.1, 0.15) is 5.82 Å². The van der Waals surface area contributed by atoms with Crippen molar-refractivity contribution in [1.29, 1.82) is 0 Å². The molecule has 0 fully saturated rings. The first kappa shape index (κ1) is 15.4. The molecule has 0 saturated heterocycles. The van der Waals surface area contributed by atoms with Crippen molar-refractivity contribution in [3.05, 3.63) is 34.1 Å². The van der Waals surface area contributed by atoms with Gasteiger partial charge in [-0.15, -0.1) is 0 Å². The van der Waals surface area contributed by atoms with E-state index >= 15 is 0 Å². The van der Waals surface area contributed by atoms with Crippen molar-refractivity contribution in [2.45, 2.75) is 31.5 Å². The number of hydrogen-bond acceptors (Lipinski definition) is 1. The Balaban J connectivity index is 2.65. The molecule has 1 unspecified atom stereocenters. The lowest BCUT2D eigenvalue weighted by Crippen LogP contribution is -2.29. The first-order chi connectivity index (χ1) is 8.33. The molecule has 0 aliphatic heterocycles. The first-order valence-corrected chi connectivity index (χ1v) is 6.29. The van der Waals surface area contributed by atoms with Crippen LogP contribution in [0.2, 0.25) is 0 Å². The predicted molar refractivity (Wildman–Crippen MR) is 65.9 cm³/mol. The van der Waals surface area contributed by atoms with Crippen LogP contribution in [0.1, 0.15) is 18.4 Å². The highest BCUT2D eigenvalue weighted by molar-refractivity contribution is 9.10. The molecule has 0 bridgehead atoms. The lowest BCUT2D eigenvalue weighted by atomic mass is 10.0. The second-order valence-electron chi connectivity index (χ2n) is 4.06.